The smallest absolute Gasteiger partial charge is 0.416 e. The van der Waals surface area contributed by atoms with Gasteiger partial charge in [-0.3, -0.25) is 10.1 Å². The lowest BCUT2D eigenvalue weighted by Gasteiger charge is -2.12. The van der Waals surface area contributed by atoms with Crippen LogP contribution in [-0.4, -0.2) is 28.0 Å². The first-order valence-electron chi connectivity index (χ1n) is 7.17. The molecule has 9 nitrogen and oxygen atoms in total. The van der Waals surface area contributed by atoms with Crippen LogP contribution in [0.15, 0.2) is 41.3 Å². The third kappa shape index (κ3) is 5.79. The summed E-state index contributed by atoms with van der Waals surface area (Å²) in [7, 11) is -9.18. The molecule has 2 rings (SSSR count). The molecule has 0 saturated heterocycles. The van der Waals surface area contributed by atoms with E-state index in [0.717, 1.165) is 18.2 Å². The van der Waals surface area contributed by atoms with Crippen molar-refractivity contribution in [3.8, 4) is 11.5 Å². The fourth-order valence-corrected chi connectivity index (χ4v) is 4.92. The van der Waals surface area contributed by atoms with Crippen molar-refractivity contribution < 1.29 is 39.7 Å². The van der Waals surface area contributed by atoms with Crippen LogP contribution < -0.4 is 8.86 Å². The molecule has 0 spiro atoms. The summed E-state index contributed by atoms with van der Waals surface area (Å²) in [5.74, 6) is -0.654. The van der Waals surface area contributed by atoms with Crippen molar-refractivity contribution in [3.05, 3.63) is 57.1 Å². The number of halogens is 4. The van der Waals surface area contributed by atoms with Gasteiger partial charge in [0.2, 0.25) is 10.0 Å². The van der Waals surface area contributed by atoms with Gasteiger partial charge in [0.05, 0.1) is 21.8 Å². The van der Waals surface area contributed by atoms with E-state index in [2.05, 4.69) is 0 Å². The predicted molar refractivity (Wildman–Crippen MR) is 94.8 cm³/mol. The molecular weight excluding hydrogens is 465 g/mol. The minimum absolute atomic E-state index is 0.298. The zero-order chi connectivity index (χ0) is 22.2. The summed E-state index contributed by atoms with van der Waals surface area (Å²) < 4.78 is 91.4. The Balaban J connectivity index is 2.50. The van der Waals surface area contributed by atoms with Gasteiger partial charge in [0.15, 0.2) is 4.90 Å². The average Bonchev–Trinajstić information content (AvgIpc) is 2.53. The number of hydrogen-bond donors (Lipinski definition) is 1. The fraction of sp³-hybridized carbons (Fsp3) is 0.143. The highest BCUT2D eigenvalue weighted by molar-refractivity contribution is 8.04. The average molecular weight is 475 g/mol. The molecule has 0 atom stereocenters. The SMILES string of the molecule is CS(=O)(=O)NS(=O)(=O)c1cc(Oc2ccc(C(F)(F)F)cc2Cl)ccc1[N+](=O)[O-]. The summed E-state index contributed by atoms with van der Waals surface area (Å²) in [4.78, 5) is 8.99. The standard InChI is InChI=1S/C14H10ClF3N2O7S2/c1-28(23,24)19-29(25,26)13-7-9(3-4-11(13)20(21)22)27-12-5-2-8(6-10(12)15)14(16,17)18/h2-7,19H,1H3. The van der Waals surface area contributed by atoms with Gasteiger partial charge in [-0.15, -0.1) is 4.13 Å². The van der Waals surface area contributed by atoms with E-state index < -0.39 is 52.3 Å². The maximum absolute atomic E-state index is 12.7. The third-order valence-corrected chi connectivity index (χ3v) is 6.46. The molecule has 0 saturated carbocycles. The molecule has 0 amide bonds. The van der Waals surface area contributed by atoms with E-state index in [0.29, 0.717) is 24.5 Å². The van der Waals surface area contributed by atoms with E-state index in [9.17, 15) is 40.1 Å². The summed E-state index contributed by atoms with van der Waals surface area (Å²) >= 11 is 5.74. The molecule has 0 bridgehead atoms. The van der Waals surface area contributed by atoms with E-state index >= 15 is 0 Å². The highest BCUT2D eigenvalue weighted by atomic mass is 35.5. The van der Waals surface area contributed by atoms with Crippen LogP contribution in [0.5, 0.6) is 11.5 Å². The molecule has 0 aliphatic rings. The monoisotopic (exact) mass is 474 g/mol. The van der Waals surface area contributed by atoms with Gasteiger partial charge >= 0.3 is 6.18 Å². The molecule has 0 unspecified atom stereocenters. The number of nitrogens with zero attached hydrogens (tertiary/aromatic N) is 1. The Morgan fingerprint density at radius 2 is 1.72 bits per heavy atom. The van der Waals surface area contributed by atoms with Gasteiger partial charge in [0.1, 0.15) is 11.5 Å². The quantitative estimate of drug-likeness (QED) is 0.501. The Kier molecular flexibility index (Phi) is 6.13. The Bertz CT molecular complexity index is 1180. The molecule has 29 heavy (non-hydrogen) atoms. The Morgan fingerprint density at radius 1 is 1.10 bits per heavy atom. The first-order chi connectivity index (χ1) is 13.1. The van der Waals surface area contributed by atoms with Crippen LogP contribution in [0.25, 0.3) is 0 Å². The number of alkyl halides is 3. The number of nitro groups is 1. The van der Waals surface area contributed by atoms with Gasteiger partial charge < -0.3 is 4.74 Å². The number of nitro benzene ring substituents is 1. The number of hydrogen-bond acceptors (Lipinski definition) is 7. The molecule has 2 aromatic carbocycles. The third-order valence-electron chi connectivity index (χ3n) is 3.17. The Labute approximate surface area is 167 Å². The molecule has 1 N–H and O–H groups in total. The van der Waals surface area contributed by atoms with E-state index in [1.165, 1.54) is 4.13 Å². The molecule has 0 radical (unpaired) electrons. The fourth-order valence-electron chi connectivity index (χ4n) is 2.06. The normalized spacial score (nSPS) is 12.6. The topological polar surface area (TPSA) is 133 Å². The second kappa shape index (κ2) is 7.78. The van der Waals surface area contributed by atoms with E-state index in [1.54, 1.807) is 0 Å². The second-order valence-electron chi connectivity index (χ2n) is 5.49. The van der Waals surface area contributed by atoms with Crippen molar-refractivity contribution in [1.82, 2.24) is 4.13 Å². The molecule has 0 aliphatic carbocycles. The number of benzene rings is 2. The minimum atomic E-state index is -4.89. The summed E-state index contributed by atoms with van der Waals surface area (Å²) in [5.41, 5.74) is -2.01. The van der Waals surface area contributed by atoms with Crippen molar-refractivity contribution in [1.29, 1.82) is 0 Å². The lowest BCUT2D eigenvalue weighted by molar-refractivity contribution is -0.387. The first-order valence-corrected chi connectivity index (χ1v) is 10.9. The highest BCUT2D eigenvalue weighted by Gasteiger charge is 2.32. The summed E-state index contributed by atoms with van der Waals surface area (Å²) in [6.45, 7) is 0. The minimum Gasteiger partial charge on any atom is -0.456 e. The maximum atomic E-state index is 12.7. The predicted octanol–water partition coefficient (Wildman–Crippen LogP) is 3.30. The lowest BCUT2D eigenvalue weighted by Crippen LogP contribution is -2.30. The Morgan fingerprint density at radius 3 is 2.21 bits per heavy atom. The lowest BCUT2D eigenvalue weighted by atomic mass is 10.2. The summed E-state index contributed by atoms with van der Waals surface area (Å²) in [6, 6.07) is 4.44. The number of ether oxygens (including phenoxy) is 1. The van der Waals surface area contributed by atoms with Crippen LogP contribution in [-0.2, 0) is 26.2 Å². The van der Waals surface area contributed by atoms with Crippen LogP contribution >= 0.6 is 11.6 Å². The van der Waals surface area contributed by atoms with Crippen LogP contribution in [0.2, 0.25) is 5.02 Å². The highest BCUT2D eigenvalue weighted by Crippen LogP contribution is 2.37. The molecule has 2 aromatic rings. The molecule has 158 valence electrons. The zero-order valence-electron chi connectivity index (χ0n) is 14.1. The van der Waals surface area contributed by atoms with E-state index in [1.807, 2.05) is 0 Å². The van der Waals surface area contributed by atoms with Crippen molar-refractivity contribution in [2.24, 2.45) is 0 Å². The van der Waals surface area contributed by atoms with E-state index in [-0.39, 0.29) is 11.5 Å². The maximum Gasteiger partial charge on any atom is 0.416 e. The van der Waals surface area contributed by atoms with Crippen molar-refractivity contribution in [2.45, 2.75) is 11.1 Å². The Hall–Kier alpha value is -2.42. The van der Waals surface area contributed by atoms with Crippen LogP contribution in [0.1, 0.15) is 5.56 Å². The van der Waals surface area contributed by atoms with Gasteiger partial charge in [0, 0.05) is 12.1 Å². The largest absolute Gasteiger partial charge is 0.456 e. The van der Waals surface area contributed by atoms with Crippen molar-refractivity contribution in [3.63, 3.8) is 0 Å². The van der Waals surface area contributed by atoms with Crippen molar-refractivity contribution >= 4 is 37.3 Å². The molecule has 15 heteroatoms. The first kappa shape index (κ1) is 22.9. The van der Waals surface area contributed by atoms with Gasteiger partial charge in [-0.2, -0.15) is 13.2 Å². The van der Waals surface area contributed by atoms with Gasteiger partial charge in [-0.1, -0.05) is 11.6 Å². The number of rotatable bonds is 6. The van der Waals surface area contributed by atoms with Crippen LogP contribution in [0.4, 0.5) is 18.9 Å². The number of sulfonamides is 2. The van der Waals surface area contributed by atoms with Crippen LogP contribution in [0, 0.1) is 10.1 Å². The second-order valence-corrected chi connectivity index (χ2v) is 9.56. The summed E-state index contributed by atoms with van der Waals surface area (Å²) in [6.07, 6.45) is -4.13. The number of nitrogens with one attached hydrogen (secondary N) is 1. The molecule has 0 aliphatic heterocycles. The summed E-state index contributed by atoms with van der Waals surface area (Å²) in [5, 5.41) is 10.6. The van der Waals surface area contributed by atoms with Gasteiger partial charge in [0.25, 0.3) is 15.7 Å². The van der Waals surface area contributed by atoms with Crippen LogP contribution in [0.3, 0.4) is 0 Å². The molecule has 0 heterocycles. The van der Waals surface area contributed by atoms with Crippen molar-refractivity contribution in [2.75, 3.05) is 6.26 Å². The van der Waals surface area contributed by atoms with Gasteiger partial charge in [-0.05, 0) is 24.3 Å². The zero-order valence-corrected chi connectivity index (χ0v) is 16.5. The van der Waals surface area contributed by atoms with E-state index in [4.69, 9.17) is 16.3 Å². The molecule has 0 fully saturated rings. The molecular formula is C14H10ClF3N2O7S2. The van der Waals surface area contributed by atoms with Gasteiger partial charge in [-0.25, -0.2) is 16.8 Å². The molecule has 0 aromatic heterocycles.